The molecule has 6 nitrogen and oxygen atoms in total. The number of anilines is 2. The highest BCUT2D eigenvalue weighted by Gasteiger charge is 2.28. The van der Waals surface area contributed by atoms with E-state index >= 15 is 0 Å². The summed E-state index contributed by atoms with van der Waals surface area (Å²) in [4.78, 5) is 14.0. The predicted octanol–water partition coefficient (Wildman–Crippen LogP) is 0.436. The average molecular weight is 270 g/mol. The monoisotopic (exact) mass is 270 g/mol. The summed E-state index contributed by atoms with van der Waals surface area (Å²) >= 11 is 1.20. The topological polar surface area (TPSA) is 91.5 Å². The molecule has 0 atom stereocenters. The maximum Gasteiger partial charge on any atom is 0.258 e. The van der Waals surface area contributed by atoms with Crippen LogP contribution in [-0.2, 0) is 0 Å². The number of carbonyl (C=O) groups is 1. The fourth-order valence-electron chi connectivity index (χ4n) is 1.73. The lowest BCUT2D eigenvalue weighted by Gasteiger charge is -2.20. The number of aromatic nitrogens is 1. The Morgan fingerprint density at radius 3 is 2.94 bits per heavy atom. The molecule has 0 aromatic carbocycles. The Bertz CT molecular complexity index is 431. The summed E-state index contributed by atoms with van der Waals surface area (Å²) in [6.07, 6.45) is 2.07. The Morgan fingerprint density at radius 1 is 1.67 bits per heavy atom. The Kier molecular flexibility index (Phi) is 4.03. The van der Waals surface area contributed by atoms with E-state index in [4.69, 9.17) is 10.8 Å². The minimum absolute atomic E-state index is 0.0370. The summed E-state index contributed by atoms with van der Waals surface area (Å²) in [6.45, 7) is 3.18. The van der Waals surface area contributed by atoms with E-state index in [9.17, 15) is 4.79 Å². The SMILES string of the molecule is CCN(CCO)c1snc(N)c1C(=O)NC1CC1. The highest BCUT2D eigenvalue weighted by Crippen LogP contribution is 2.31. The highest BCUT2D eigenvalue weighted by molar-refractivity contribution is 7.11. The maximum atomic E-state index is 12.1. The minimum Gasteiger partial charge on any atom is -0.395 e. The first-order valence-corrected chi connectivity index (χ1v) is 6.86. The van der Waals surface area contributed by atoms with Crippen LogP contribution >= 0.6 is 11.5 Å². The van der Waals surface area contributed by atoms with Crippen molar-refractivity contribution in [2.45, 2.75) is 25.8 Å². The molecule has 0 spiro atoms. The number of rotatable bonds is 6. The van der Waals surface area contributed by atoms with Crippen LogP contribution in [0, 0.1) is 0 Å². The number of likely N-dealkylation sites (N-methyl/N-ethyl adjacent to an activating group) is 1. The van der Waals surface area contributed by atoms with Crippen LogP contribution in [0.15, 0.2) is 0 Å². The van der Waals surface area contributed by atoms with Crippen LogP contribution in [0.5, 0.6) is 0 Å². The van der Waals surface area contributed by atoms with E-state index in [1.165, 1.54) is 11.5 Å². The lowest BCUT2D eigenvalue weighted by Crippen LogP contribution is -2.31. The molecule has 2 rings (SSSR count). The molecule has 0 aliphatic heterocycles. The number of nitrogens with zero attached hydrogens (tertiary/aromatic N) is 2. The molecule has 1 aromatic rings. The molecule has 0 saturated heterocycles. The van der Waals surface area contributed by atoms with Gasteiger partial charge < -0.3 is 21.1 Å². The average Bonchev–Trinajstić information content (AvgIpc) is 3.07. The van der Waals surface area contributed by atoms with Gasteiger partial charge in [-0.2, -0.15) is 4.37 Å². The van der Waals surface area contributed by atoms with E-state index in [-0.39, 0.29) is 24.4 Å². The molecule has 1 aliphatic carbocycles. The smallest absolute Gasteiger partial charge is 0.258 e. The first-order chi connectivity index (χ1) is 8.67. The van der Waals surface area contributed by atoms with Gasteiger partial charge in [-0.25, -0.2) is 0 Å². The number of hydrogen-bond acceptors (Lipinski definition) is 6. The first-order valence-electron chi connectivity index (χ1n) is 6.09. The number of hydrogen-bond donors (Lipinski definition) is 3. The number of amides is 1. The Morgan fingerprint density at radius 2 is 2.39 bits per heavy atom. The normalized spacial score (nSPS) is 14.6. The third-order valence-corrected chi connectivity index (χ3v) is 3.80. The van der Waals surface area contributed by atoms with Gasteiger partial charge in [0.15, 0.2) is 5.82 Å². The summed E-state index contributed by atoms with van der Waals surface area (Å²) in [5, 5.41) is 12.7. The van der Waals surface area contributed by atoms with Crippen molar-refractivity contribution in [2.75, 3.05) is 30.3 Å². The van der Waals surface area contributed by atoms with Crippen molar-refractivity contribution in [2.24, 2.45) is 0 Å². The van der Waals surface area contributed by atoms with Gasteiger partial charge in [0.2, 0.25) is 0 Å². The summed E-state index contributed by atoms with van der Waals surface area (Å²) in [6, 6.07) is 0.289. The number of aliphatic hydroxyl groups excluding tert-OH is 1. The van der Waals surface area contributed by atoms with Crippen molar-refractivity contribution in [1.29, 1.82) is 0 Å². The summed E-state index contributed by atoms with van der Waals surface area (Å²) in [5.41, 5.74) is 6.22. The second-order valence-corrected chi connectivity index (χ2v) is 5.05. The third-order valence-electron chi connectivity index (χ3n) is 2.88. The van der Waals surface area contributed by atoms with Gasteiger partial charge in [-0.15, -0.1) is 0 Å². The number of nitrogens with two attached hydrogens (primary N) is 1. The van der Waals surface area contributed by atoms with E-state index in [2.05, 4.69) is 9.69 Å². The van der Waals surface area contributed by atoms with Gasteiger partial charge in [0.1, 0.15) is 10.6 Å². The third kappa shape index (κ3) is 2.73. The van der Waals surface area contributed by atoms with Crippen LogP contribution in [0.25, 0.3) is 0 Å². The first kappa shape index (κ1) is 13.1. The van der Waals surface area contributed by atoms with Gasteiger partial charge in [0.25, 0.3) is 5.91 Å². The van der Waals surface area contributed by atoms with Crippen molar-refractivity contribution in [3.63, 3.8) is 0 Å². The quantitative estimate of drug-likeness (QED) is 0.697. The Hall–Kier alpha value is -1.34. The van der Waals surface area contributed by atoms with E-state index in [0.29, 0.717) is 18.7 Å². The molecule has 1 fully saturated rings. The lowest BCUT2D eigenvalue weighted by molar-refractivity contribution is 0.0952. The second kappa shape index (κ2) is 5.53. The molecule has 1 heterocycles. The molecule has 0 radical (unpaired) electrons. The molecular weight excluding hydrogens is 252 g/mol. The number of nitrogen functional groups attached to an aromatic ring is 1. The fraction of sp³-hybridized carbons (Fsp3) is 0.636. The van der Waals surface area contributed by atoms with Crippen LogP contribution in [0.4, 0.5) is 10.8 Å². The zero-order valence-corrected chi connectivity index (χ0v) is 11.2. The summed E-state index contributed by atoms with van der Waals surface area (Å²) < 4.78 is 4.05. The van der Waals surface area contributed by atoms with Gasteiger partial charge in [-0.3, -0.25) is 4.79 Å². The molecule has 7 heteroatoms. The van der Waals surface area contributed by atoms with Crippen LogP contribution in [0.1, 0.15) is 30.1 Å². The van der Waals surface area contributed by atoms with Crippen LogP contribution in [0.2, 0.25) is 0 Å². The number of carbonyl (C=O) groups excluding carboxylic acids is 1. The van der Waals surface area contributed by atoms with Gasteiger partial charge in [-0.1, -0.05) is 0 Å². The predicted molar refractivity (Wildman–Crippen MR) is 72.0 cm³/mol. The lowest BCUT2D eigenvalue weighted by atomic mass is 10.2. The molecular formula is C11H18N4O2S. The summed E-state index contributed by atoms with van der Waals surface area (Å²) in [7, 11) is 0. The standard InChI is InChI=1S/C11H18N4O2S/c1-2-15(5-6-16)11-8(9(12)14-18-11)10(17)13-7-3-4-7/h7,16H,2-6H2,1H3,(H2,12,14)(H,13,17). The largest absolute Gasteiger partial charge is 0.395 e. The molecule has 100 valence electrons. The molecule has 0 unspecified atom stereocenters. The van der Waals surface area contributed by atoms with Crippen molar-refractivity contribution < 1.29 is 9.90 Å². The molecule has 1 aliphatic rings. The van der Waals surface area contributed by atoms with Crippen molar-refractivity contribution in [3.8, 4) is 0 Å². The Balaban J connectivity index is 2.21. The molecule has 18 heavy (non-hydrogen) atoms. The zero-order valence-electron chi connectivity index (χ0n) is 10.3. The highest BCUT2D eigenvalue weighted by atomic mass is 32.1. The molecule has 4 N–H and O–H groups in total. The van der Waals surface area contributed by atoms with Gasteiger partial charge >= 0.3 is 0 Å². The maximum absolute atomic E-state index is 12.1. The molecule has 1 saturated carbocycles. The van der Waals surface area contributed by atoms with Crippen LogP contribution < -0.4 is 16.0 Å². The molecule has 1 aromatic heterocycles. The van der Waals surface area contributed by atoms with Crippen molar-refractivity contribution in [1.82, 2.24) is 9.69 Å². The Labute approximate surface area is 110 Å². The van der Waals surface area contributed by atoms with Crippen LogP contribution in [-0.4, -0.2) is 41.1 Å². The van der Waals surface area contributed by atoms with Gasteiger partial charge in [0, 0.05) is 19.1 Å². The van der Waals surface area contributed by atoms with Gasteiger partial charge in [0.05, 0.1) is 6.61 Å². The fourth-order valence-corrected chi connectivity index (χ4v) is 2.63. The van der Waals surface area contributed by atoms with E-state index in [0.717, 1.165) is 17.8 Å². The minimum atomic E-state index is -0.157. The number of nitrogens with one attached hydrogen (secondary N) is 1. The van der Waals surface area contributed by atoms with Crippen molar-refractivity contribution >= 4 is 28.3 Å². The zero-order chi connectivity index (χ0) is 13.1. The molecule has 1 amide bonds. The van der Waals surface area contributed by atoms with E-state index in [1.54, 1.807) is 0 Å². The number of aliphatic hydroxyl groups is 1. The molecule has 0 bridgehead atoms. The van der Waals surface area contributed by atoms with E-state index in [1.807, 2.05) is 11.8 Å². The van der Waals surface area contributed by atoms with Gasteiger partial charge in [-0.05, 0) is 31.3 Å². The van der Waals surface area contributed by atoms with Crippen LogP contribution in [0.3, 0.4) is 0 Å². The summed E-state index contributed by atoms with van der Waals surface area (Å²) in [5.74, 6) is 0.111. The van der Waals surface area contributed by atoms with Crippen molar-refractivity contribution in [3.05, 3.63) is 5.56 Å². The van der Waals surface area contributed by atoms with E-state index < -0.39 is 0 Å². The second-order valence-electron chi connectivity index (χ2n) is 4.30.